The van der Waals surface area contributed by atoms with Crippen molar-refractivity contribution in [2.24, 2.45) is 0 Å². The van der Waals surface area contributed by atoms with Gasteiger partial charge in [-0.25, -0.2) is 17.6 Å². The molecule has 3 aromatic carbocycles. The summed E-state index contributed by atoms with van der Waals surface area (Å²) < 4.78 is 53.7. The number of nitrogens with zero attached hydrogens (tertiary/aromatic N) is 2. The highest BCUT2D eigenvalue weighted by Gasteiger charge is 2.40. The Kier molecular flexibility index (Phi) is 7.72. The van der Waals surface area contributed by atoms with Gasteiger partial charge in [0.1, 0.15) is 11.4 Å². The van der Waals surface area contributed by atoms with Crippen LogP contribution >= 0.6 is 0 Å². The van der Waals surface area contributed by atoms with Gasteiger partial charge in [0, 0.05) is 29.7 Å². The molecule has 0 saturated heterocycles. The van der Waals surface area contributed by atoms with Crippen LogP contribution in [0.4, 0.5) is 9.18 Å². The van der Waals surface area contributed by atoms with Crippen LogP contribution in [0.5, 0.6) is 0 Å². The molecule has 1 aromatic heterocycles. The van der Waals surface area contributed by atoms with Gasteiger partial charge < -0.3 is 9.47 Å². The summed E-state index contributed by atoms with van der Waals surface area (Å²) in [5.74, 6) is -0.893. The predicted octanol–water partition coefficient (Wildman–Crippen LogP) is 6.92. The number of benzene rings is 3. The first-order valence-corrected chi connectivity index (χ1v) is 15.2. The number of carbonyl (C=O) groups is 2. The van der Waals surface area contributed by atoms with E-state index in [9.17, 15) is 22.4 Å². The van der Waals surface area contributed by atoms with Crippen molar-refractivity contribution in [2.75, 3.05) is 13.2 Å². The summed E-state index contributed by atoms with van der Waals surface area (Å²) in [5.41, 5.74) is 3.64. The first-order chi connectivity index (χ1) is 19.8. The van der Waals surface area contributed by atoms with Crippen LogP contribution in [-0.4, -0.2) is 48.1 Å². The van der Waals surface area contributed by atoms with Crippen molar-refractivity contribution in [3.63, 3.8) is 0 Å². The van der Waals surface area contributed by atoms with E-state index in [2.05, 4.69) is 0 Å². The van der Waals surface area contributed by atoms with E-state index >= 15 is 0 Å². The molecule has 1 atom stereocenters. The quantitative estimate of drug-likeness (QED) is 0.226. The van der Waals surface area contributed by atoms with Gasteiger partial charge in [0.05, 0.1) is 23.4 Å². The molecule has 10 heteroatoms. The lowest BCUT2D eigenvalue weighted by Crippen LogP contribution is -2.29. The monoisotopic (exact) mass is 592 g/mol. The van der Waals surface area contributed by atoms with E-state index < -0.39 is 39.5 Å². The zero-order valence-corrected chi connectivity index (χ0v) is 25.0. The molecule has 220 valence electrons. The maximum absolute atomic E-state index is 14.1. The molecule has 2 heterocycles. The molecule has 5 rings (SSSR count). The highest BCUT2D eigenvalue weighted by atomic mass is 32.2. The zero-order valence-electron chi connectivity index (χ0n) is 24.2. The van der Waals surface area contributed by atoms with Crippen molar-refractivity contribution in [3.8, 4) is 22.3 Å². The number of sulfonamides is 1. The Morgan fingerprint density at radius 2 is 1.62 bits per heavy atom. The maximum atomic E-state index is 14.1. The molecule has 0 saturated carbocycles. The average molecular weight is 593 g/mol. The average Bonchev–Trinajstić information content (AvgIpc) is 3.39. The number of hydrogen-bond acceptors (Lipinski definition) is 6. The number of fused-ring (bicyclic) bond motifs is 2. The summed E-state index contributed by atoms with van der Waals surface area (Å²) in [6, 6.07) is 16.8. The van der Waals surface area contributed by atoms with Crippen LogP contribution in [0.25, 0.3) is 33.2 Å². The minimum Gasteiger partial charge on any atom is -0.466 e. The summed E-state index contributed by atoms with van der Waals surface area (Å²) in [4.78, 5) is 25.0. The lowest BCUT2D eigenvalue weighted by atomic mass is 9.97. The summed E-state index contributed by atoms with van der Waals surface area (Å²) in [6.07, 6.45) is 1.04. The van der Waals surface area contributed by atoms with Crippen molar-refractivity contribution < 1.29 is 31.9 Å². The van der Waals surface area contributed by atoms with Crippen molar-refractivity contribution in [2.45, 2.75) is 57.6 Å². The topological polar surface area (TPSA) is 94.9 Å². The smallest absolute Gasteiger partial charge is 0.419 e. The molecule has 0 fully saturated rings. The van der Waals surface area contributed by atoms with Crippen molar-refractivity contribution in [1.82, 2.24) is 8.87 Å². The maximum Gasteiger partial charge on any atom is 0.419 e. The number of rotatable bonds is 6. The Balaban J connectivity index is 1.45. The van der Waals surface area contributed by atoms with Crippen molar-refractivity contribution >= 4 is 33.0 Å². The lowest BCUT2D eigenvalue weighted by molar-refractivity contribution is -0.143. The van der Waals surface area contributed by atoms with Crippen molar-refractivity contribution in [3.05, 3.63) is 78.2 Å². The van der Waals surface area contributed by atoms with Crippen LogP contribution in [0.2, 0.25) is 0 Å². The standard InChI is InChI=1S/C32H33FN2O6S/c1-6-40-30(36)15-16-35-20(2)26-17-23(11-14-29(26)42(35,38)39)21-7-9-22(10-8-21)27-19-34(31(37)41-32(3,4)5)28-18-24(33)12-13-25(27)28/h7-14,17-20H,6,15-16H2,1-5H3. The largest absolute Gasteiger partial charge is 0.466 e. The van der Waals surface area contributed by atoms with Gasteiger partial charge in [-0.05, 0) is 87.2 Å². The Hall–Kier alpha value is -4.02. The molecule has 1 aliphatic rings. The van der Waals surface area contributed by atoms with E-state index in [0.29, 0.717) is 16.5 Å². The fourth-order valence-electron chi connectivity index (χ4n) is 5.26. The molecule has 0 N–H and O–H groups in total. The second-order valence-electron chi connectivity index (χ2n) is 11.2. The second kappa shape index (κ2) is 11.0. The Morgan fingerprint density at radius 1 is 0.952 bits per heavy atom. The molecule has 0 radical (unpaired) electrons. The molecule has 0 aliphatic carbocycles. The highest BCUT2D eigenvalue weighted by Crippen LogP contribution is 2.41. The SMILES string of the molecule is CCOC(=O)CCN1C(C)c2cc(-c3ccc(-c4cn(C(=O)OC(C)(C)C)c5cc(F)ccc45)cc3)ccc2S1(=O)=O. The number of carbonyl (C=O) groups excluding carboxylic acids is 2. The Labute approximate surface area is 244 Å². The minimum atomic E-state index is -3.73. The molecule has 42 heavy (non-hydrogen) atoms. The third-order valence-electron chi connectivity index (χ3n) is 7.21. The summed E-state index contributed by atoms with van der Waals surface area (Å²) in [5, 5.41) is 0.703. The van der Waals surface area contributed by atoms with Crippen LogP contribution in [0, 0.1) is 5.82 Å². The lowest BCUT2D eigenvalue weighted by Gasteiger charge is -2.19. The van der Waals surface area contributed by atoms with E-state index in [-0.39, 0.29) is 24.5 Å². The molecule has 0 spiro atoms. The van der Waals surface area contributed by atoms with Crippen LogP contribution in [0.15, 0.2) is 71.8 Å². The number of ether oxygens (including phenoxy) is 2. The van der Waals surface area contributed by atoms with Gasteiger partial charge >= 0.3 is 12.1 Å². The minimum absolute atomic E-state index is 0.0172. The zero-order chi connectivity index (χ0) is 30.4. The Morgan fingerprint density at radius 3 is 2.29 bits per heavy atom. The number of hydrogen-bond donors (Lipinski definition) is 0. The van der Waals surface area contributed by atoms with Gasteiger partial charge in [-0.1, -0.05) is 30.3 Å². The van der Waals surface area contributed by atoms with Crippen LogP contribution in [0.3, 0.4) is 0 Å². The number of aromatic nitrogens is 1. The van der Waals surface area contributed by atoms with E-state index in [1.807, 2.05) is 37.3 Å². The van der Waals surface area contributed by atoms with Crippen LogP contribution < -0.4 is 0 Å². The highest BCUT2D eigenvalue weighted by molar-refractivity contribution is 7.89. The third-order valence-corrected chi connectivity index (χ3v) is 9.25. The molecule has 0 amide bonds. The van der Waals surface area contributed by atoms with Gasteiger partial charge in [0.2, 0.25) is 10.0 Å². The van der Waals surface area contributed by atoms with Crippen molar-refractivity contribution in [1.29, 1.82) is 0 Å². The molecule has 0 bridgehead atoms. The first-order valence-electron chi connectivity index (χ1n) is 13.8. The molecular weight excluding hydrogens is 559 g/mol. The molecule has 1 unspecified atom stereocenters. The van der Waals surface area contributed by atoms with E-state index in [4.69, 9.17) is 9.47 Å². The van der Waals surface area contributed by atoms with Crippen LogP contribution in [0.1, 0.15) is 52.6 Å². The fourth-order valence-corrected chi connectivity index (χ4v) is 7.14. The predicted molar refractivity (Wildman–Crippen MR) is 158 cm³/mol. The molecule has 1 aliphatic heterocycles. The third kappa shape index (κ3) is 5.56. The van der Waals surface area contributed by atoms with E-state index in [1.54, 1.807) is 52.1 Å². The molecular formula is C32H33FN2O6S. The van der Waals surface area contributed by atoms with E-state index in [0.717, 1.165) is 22.3 Å². The van der Waals surface area contributed by atoms with Gasteiger partial charge in [0.15, 0.2) is 0 Å². The molecule has 4 aromatic rings. The van der Waals surface area contributed by atoms with E-state index in [1.165, 1.54) is 21.0 Å². The number of esters is 1. The van der Waals surface area contributed by atoms with Gasteiger partial charge in [-0.15, -0.1) is 0 Å². The Bertz CT molecular complexity index is 1790. The summed E-state index contributed by atoms with van der Waals surface area (Å²) in [6.45, 7) is 9.12. The number of halogens is 1. The van der Waals surface area contributed by atoms with Crippen LogP contribution in [-0.2, 0) is 24.3 Å². The van der Waals surface area contributed by atoms with Gasteiger partial charge in [-0.3, -0.25) is 9.36 Å². The first kappa shape index (κ1) is 29.5. The fraction of sp³-hybridized carbons (Fsp3) is 0.312. The van der Waals surface area contributed by atoms with Gasteiger partial charge in [0.25, 0.3) is 0 Å². The summed E-state index contributed by atoms with van der Waals surface area (Å²) in [7, 11) is -3.73. The van der Waals surface area contributed by atoms with Gasteiger partial charge in [-0.2, -0.15) is 4.31 Å². The second-order valence-corrected chi connectivity index (χ2v) is 13.1. The molecule has 8 nitrogen and oxygen atoms in total. The normalized spacial score (nSPS) is 16.4. The summed E-state index contributed by atoms with van der Waals surface area (Å²) >= 11 is 0.